The van der Waals surface area contributed by atoms with Gasteiger partial charge < -0.3 is 10.2 Å². The van der Waals surface area contributed by atoms with Gasteiger partial charge in [0.2, 0.25) is 0 Å². The predicted molar refractivity (Wildman–Crippen MR) is 103 cm³/mol. The highest BCUT2D eigenvalue weighted by molar-refractivity contribution is 6.35. The number of nitrogens with zero attached hydrogens (tertiary/aromatic N) is 2. The number of amides is 2. The Kier molecular flexibility index (Phi) is 6.01. The SMILES string of the molecule is O=C(Nc1cc(Cl)ccc1C(=O)N1CCCCC1)c1nc(Cl)ccc1Cl. The number of halogens is 3. The van der Waals surface area contributed by atoms with E-state index in [1.165, 1.54) is 18.2 Å². The summed E-state index contributed by atoms with van der Waals surface area (Å²) in [5, 5.41) is 3.40. The van der Waals surface area contributed by atoms with Crippen LogP contribution in [0.4, 0.5) is 5.69 Å². The summed E-state index contributed by atoms with van der Waals surface area (Å²) < 4.78 is 0. The molecule has 1 aliphatic rings. The van der Waals surface area contributed by atoms with E-state index in [1.807, 2.05) is 0 Å². The first-order chi connectivity index (χ1) is 12.5. The lowest BCUT2D eigenvalue weighted by molar-refractivity contribution is 0.0725. The number of piperidine rings is 1. The average molecular weight is 413 g/mol. The van der Waals surface area contributed by atoms with Crippen LogP contribution >= 0.6 is 34.8 Å². The van der Waals surface area contributed by atoms with E-state index in [9.17, 15) is 9.59 Å². The van der Waals surface area contributed by atoms with Crippen molar-refractivity contribution in [2.45, 2.75) is 19.3 Å². The summed E-state index contributed by atoms with van der Waals surface area (Å²) >= 11 is 17.9. The average Bonchev–Trinajstić information content (AvgIpc) is 2.64. The van der Waals surface area contributed by atoms with Gasteiger partial charge in [0, 0.05) is 18.1 Å². The molecule has 1 aromatic heterocycles. The first-order valence-electron chi connectivity index (χ1n) is 8.18. The van der Waals surface area contributed by atoms with Crippen LogP contribution in [0, 0.1) is 0 Å². The summed E-state index contributed by atoms with van der Waals surface area (Å²) in [5.41, 5.74) is 0.675. The largest absolute Gasteiger partial charge is 0.339 e. The van der Waals surface area contributed by atoms with E-state index in [-0.39, 0.29) is 21.8 Å². The summed E-state index contributed by atoms with van der Waals surface area (Å²) in [5.74, 6) is -0.700. The van der Waals surface area contributed by atoms with E-state index in [0.717, 1.165) is 19.3 Å². The number of benzene rings is 1. The first-order valence-corrected chi connectivity index (χ1v) is 9.31. The van der Waals surface area contributed by atoms with Gasteiger partial charge in [-0.2, -0.15) is 0 Å². The number of rotatable bonds is 3. The van der Waals surface area contributed by atoms with Gasteiger partial charge in [-0.1, -0.05) is 34.8 Å². The minimum Gasteiger partial charge on any atom is -0.339 e. The molecule has 2 aromatic rings. The van der Waals surface area contributed by atoms with E-state index in [4.69, 9.17) is 34.8 Å². The Bertz CT molecular complexity index is 852. The molecular formula is C18H16Cl3N3O2. The van der Waals surface area contributed by atoms with Gasteiger partial charge in [-0.15, -0.1) is 0 Å². The molecule has 136 valence electrons. The summed E-state index contributed by atoms with van der Waals surface area (Å²) in [6.45, 7) is 1.41. The summed E-state index contributed by atoms with van der Waals surface area (Å²) in [6, 6.07) is 7.75. The molecule has 1 aliphatic heterocycles. The third-order valence-electron chi connectivity index (χ3n) is 4.13. The third-order valence-corrected chi connectivity index (χ3v) is 4.88. The van der Waals surface area contributed by atoms with Crippen molar-refractivity contribution >= 4 is 52.3 Å². The van der Waals surface area contributed by atoms with Crippen LogP contribution in [0.3, 0.4) is 0 Å². The highest BCUT2D eigenvalue weighted by Gasteiger charge is 2.23. The van der Waals surface area contributed by atoms with E-state index in [2.05, 4.69) is 10.3 Å². The van der Waals surface area contributed by atoms with Crippen molar-refractivity contribution in [3.63, 3.8) is 0 Å². The molecule has 8 heteroatoms. The fourth-order valence-corrected chi connectivity index (χ4v) is 3.34. The van der Waals surface area contributed by atoms with Crippen LogP contribution < -0.4 is 5.32 Å². The Labute approximate surface area is 166 Å². The Balaban J connectivity index is 1.89. The number of pyridine rings is 1. The van der Waals surface area contributed by atoms with Crippen molar-refractivity contribution in [2.75, 3.05) is 18.4 Å². The Morgan fingerprint density at radius 2 is 1.73 bits per heavy atom. The molecule has 0 atom stereocenters. The fraction of sp³-hybridized carbons (Fsp3) is 0.278. The quantitative estimate of drug-likeness (QED) is 0.728. The van der Waals surface area contributed by atoms with Gasteiger partial charge in [-0.3, -0.25) is 9.59 Å². The lowest BCUT2D eigenvalue weighted by Crippen LogP contribution is -2.36. The molecule has 1 saturated heterocycles. The lowest BCUT2D eigenvalue weighted by Gasteiger charge is -2.27. The maximum atomic E-state index is 12.8. The Hall–Kier alpha value is -1.82. The van der Waals surface area contributed by atoms with E-state index >= 15 is 0 Å². The highest BCUT2D eigenvalue weighted by Crippen LogP contribution is 2.25. The number of hydrogen-bond acceptors (Lipinski definition) is 3. The molecule has 2 heterocycles. The molecule has 0 unspecified atom stereocenters. The maximum Gasteiger partial charge on any atom is 0.275 e. The van der Waals surface area contributed by atoms with Crippen LogP contribution in [0.25, 0.3) is 0 Å². The molecule has 1 aromatic carbocycles. The van der Waals surface area contributed by atoms with Gasteiger partial charge in [0.05, 0.1) is 16.3 Å². The molecule has 0 saturated carbocycles. The Morgan fingerprint density at radius 3 is 2.46 bits per heavy atom. The third kappa shape index (κ3) is 4.29. The molecule has 0 bridgehead atoms. The zero-order valence-corrected chi connectivity index (χ0v) is 16.0. The smallest absolute Gasteiger partial charge is 0.275 e. The van der Waals surface area contributed by atoms with Crippen molar-refractivity contribution in [1.29, 1.82) is 0 Å². The molecule has 0 aliphatic carbocycles. The van der Waals surface area contributed by atoms with Crippen LogP contribution in [0.2, 0.25) is 15.2 Å². The minimum atomic E-state index is -0.563. The van der Waals surface area contributed by atoms with Crippen LogP contribution in [0.15, 0.2) is 30.3 Å². The topological polar surface area (TPSA) is 62.3 Å². The number of anilines is 1. The monoisotopic (exact) mass is 411 g/mol. The van der Waals surface area contributed by atoms with E-state index in [1.54, 1.807) is 17.0 Å². The minimum absolute atomic E-state index is 0.0180. The van der Waals surface area contributed by atoms with Crippen LogP contribution in [0.5, 0.6) is 0 Å². The van der Waals surface area contributed by atoms with Crippen LogP contribution in [0.1, 0.15) is 40.1 Å². The zero-order chi connectivity index (χ0) is 18.7. The lowest BCUT2D eigenvalue weighted by atomic mass is 10.1. The molecular weight excluding hydrogens is 397 g/mol. The summed E-state index contributed by atoms with van der Waals surface area (Å²) in [7, 11) is 0. The van der Waals surface area contributed by atoms with Gasteiger partial charge in [0.25, 0.3) is 11.8 Å². The Morgan fingerprint density at radius 1 is 1.00 bits per heavy atom. The van der Waals surface area contributed by atoms with E-state index < -0.39 is 5.91 Å². The number of nitrogens with one attached hydrogen (secondary N) is 1. The number of likely N-dealkylation sites (tertiary alicyclic amines) is 1. The maximum absolute atomic E-state index is 12.8. The van der Waals surface area contributed by atoms with Gasteiger partial charge in [-0.25, -0.2) is 4.98 Å². The number of hydrogen-bond donors (Lipinski definition) is 1. The second kappa shape index (κ2) is 8.25. The van der Waals surface area contributed by atoms with Gasteiger partial charge in [0.1, 0.15) is 10.8 Å². The summed E-state index contributed by atoms with van der Waals surface area (Å²) in [4.78, 5) is 31.1. The van der Waals surface area contributed by atoms with Crippen molar-refractivity contribution < 1.29 is 9.59 Å². The number of carbonyl (C=O) groups excluding carboxylic acids is 2. The normalized spacial score (nSPS) is 14.2. The number of aromatic nitrogens is 1. The molecule has 5 nitrogen and oxygen atoms in total. The second-order valence-electron chi connectivity index (χ2n) is 5.96. The predicted octanol–water partition coefficient (Wildman–Crippen LogP) is 4.92. The van der Waals surface area contributed by atoms with E-state index in [0.29, 0.717) is 29.4 Å². The van der Waals surface area contributed by atoms with Crippen LogP contribution in [-0.4, -0.2) is 34.8 Å². The van der Waals surface area contributed by atoms with Gasteiger partial charge in [0.15, 0.2) is 0 Å². The first kappa shape index (κ1) is 19.0. The second-order valence-corrected chi connectivity index (χ2v) is 7.19. The van der Waals surface area contributed by atoms with Crippen LogP contribution in [-0.2, 0) is 0 Å². The molecule has 0 radical (unpaired) electrons. The fourth-order valence-electron chi connectivity index (χ4n) is 2.83. The summed E-state index contributed by atoms with van der Waals surface area (Å²) in [6.07, 6.45) is 3.07. The van der Waals surface area contributed by atoms with Crippen molar-refractivity contribution in [3.8, 4) is 0 Å². The van der Waals surface area contributed by atoms with Gasteiger partial charge in [-0.05, 0) is 49.6 Å². The molecule has 2 amide bonds. The zero-order valence-electron chi connectivity index (χ0n) is 13.8. The highest BCUT2D eigenvalue weighted by atomic mass is 35.5. The van der Waals surface area contributed by atoms with Crippen molar-refractivity contribution in [1.82, 2.24) is 9.88 Å². The molecule has 1 N–H and O–H groups in total. The molecule has 26 heavy (non-hydrogen) atoms. The molecule has 1 fully saturated rings. The standard InChI is InChI=1S/C18H16Cl3N3O2/c19-11-4-5-12(18(26)24-8-2-1-3-9-24)14(10-11)22-17(25)16-13(20)6-7-15(21)23-16/h4-7,10H,1-3,8-9H2,(H,22,25). The number of carbonyl (C=O) groups is 2. The van der Waals surface area contributed by atoms with Gasteiger partial charge >= 0.3 is 0 Å². The molecule has 3 rings (SSSR count). The van der Waals surface area contributed by atoms with Crippen molar-refractivity contribution in [2.24, 2.45) is 0 Å². The van der Waals surface area contributed by atoms with Crippen molar-refractivity contribution in [3.05, 3.63) is 56.8 Å². The molecule has 0 spiro atoms.